The summed E-state index contributed by atoms with van der Waals surface area (Å²) >= 11 is 7.25. The van der Waals surface area contributed by atoms with E-state index in [2.05, 4.69) is 11.9 Å². The van der Waals surface area contributed by atoms with E-state index in [9.17, 15) is 8.42 Å². The molecule has 0 radical (unpaired) electrons. The van der Waals surface area contributed by atoms with Crippen LogP contribution in [0.3, 0.4) is 0 Å². The molecule has 1 fully saturated rings. The van der Waals surface area contributed by atoms with Crippen molar-refractivity contribution in [2.75, 3.05) is 33.7 Å². The number of hydrogen-bond donors (Lipinski definition) is 0. The van der Waals surface area contributed by atoms with E-state index in [1.165, 1.54) is 15.6 Å². The molecule has 0 aliphatic carbocycles. The molecule has 1 aliphatic rings. The zero-order valence-corrected chi connectivity index (χ0v) is 14.5. The van der Waals surface area contributed by atoms with Gasteiger partial charge in [0.2, 0.25) is 10.0 Å². The fourth-order valence-electron chi connectivity index (χ4n) is 2.65. The van der Waals surface area contributed by atoms with Gasteiger partial charge in [-0.25, -0.2) is 12.7 Å². The topological polar surface area (TPSA) is 40.6 Å². The van der Waals surface area contributed by atoms with Crippen molar-refractivity contribution in [2.24, 2.45) is 5.92 Å². The largest absolute Gasteiger partial charge is 0.306 e. The Labute approximate surface area is 130 Å². The van der Waals surface area contributed by atoms with E-state index in [0.717, 1.165) is 29.3 Å². The predicted octanol–water partition coefficient (Wildman–Crippen LogP) is 2.37. The Hall–Kier alpha value is -0.140. The number of hydrogen-bond acceptors (Lipinski definition) is 4. The highest BCUT2D eigenvalue weighted by atomic mass is 35.5. The minimum Gasteiger partial charge on any atom is -0.306 e. The smallest absolute Gasteiger partial charge is 0.243 e. The molecule has 0 N–H and O–H groups in total. The molecule has 0 aromatic carbocycles. The lowest BCUT2D eigenvalue weighted by Crippen LogP contribution is -2.33. The normalized spacial score (nSPS) is 20.9. The third-order valence-corrected chi connectivity index (χ3v) is 7.32. The Morgan fingerprint density at radius 2 is 2.25 bits per heavy atom. The maximum absolute atomic E-state index is 12.6. The summed E-state index contributed by atoms with van der Waals surface area (Å²) in [6, 6.07) is 1.71. The second kappa shape index (κ2) is 6.32. The zero-order valence-electron chi connectivity index (χ0n) is 12.1. The molecule has 4 nitrogen and oxygen atoms in total. The van der Waals surface area contributed by atoms with E-state index in [0.29, 0.717) is 23.2 Å². The summed E-state index contributed by atoms with van der Waals surface area (Å²) in [7, 11) is 0.348. The zero-order chi connectivity index (χ0) is 14.9. The number of sulfonamides is 1. The first kappa shape index (κ1) is 16.2. The van der Waals surface area contributed by atoms with Gasteiger partial charge < -0.3 is 4.90 Å². The second-order valence-corrected chi connectivity index (χ2v) is 9.09. The van der Waals surface area contributed by atoms with E-state index in [-0.39, 0.29) is 0 Å². The van der Waals surface area contributed by atoms with Gasteiger partial charge >= 0.3 is 0 Å². The van der Waals surface area contributed by atoms with Crippen molar-refractivity contribution >= 4 is 33.0 Å². The van der Waals surface area contributed by atoms with E-state index in [4.69, 9.17) is 11.6 Å². The molecule has 7 heteroatoms. The van der Waals surface area contributed by atoms with Crippen LogP contribution in [0.25, 0.3) is 0 Å². The molecular formula is C13H21ClN2O2S2. The van der Waals surface area contributed by atoms with Gasteiger partial charge in [0.05, 0.1) is 10.8 Å². The molecule has 20 heavy (non-hydrogen) atoms. The number of aryl methyl sites for hydroxylation is 1. The van der Waals surface area contributed by atoms with Crippen LogP contribution >= 0.6 is 22.9 Å². The Morgan fingerprint density at radius 1 is 1.55 bits per heavy atom. The molecular weight excluding hydrogens is 316 g/mol. The Bertz CT molecular complexity index is 571. The maximum atomic E-state index is 12.6. The molecule has 0 bridgehead atoms. The summed E-state index contributed by atoms with van der Waals surface area (Å²) in [6.07, 6.45) is 1.06. The van der Waals surface area contributed by atoms with E-state index < -0.39 is 10.0 Å². The molecule has 1 saturated heterocycles. The number of likely N-dealkylation sites (tertiary alicyclic amines) is 1. The molecule has 1 unspecified atom stereocenters. The monoisotopic (exact) mass is 336 g/mol. The van der Waals surface area contributed by atoms with Gasteiger partial charge in [-0.15, -0.1) is 22.9 Å². The van der Waals surface area contributed by atoms with Crippen LogP contribution in [0.4, 0.5) is 0 Å². The van der Waals surface area contributed by atoms with Crippen LogP contribution in [0.1, 0.15) is 16.2 Å². The van der Waals surface area contributed by atoms with Crippen molar-refractivity contribution < 1.29 is 8.42 Å². The van der Waals surface area contributed by atoms with Gasteiger partial charge in [0.25, 0.3) is 0 Å². The predicted molar refractivity (Wildman–Crippen MR) is 84.0 cm³/mol. The number of halogens is 1. The first-order valence-electron chi connectivity index (χ1n) is 6.64. The summed E-state index contributed by atoms with van der Waals surface area (Å²) in [5.41, 5.74) is 0. The van der Waals surface area contributed by atoms with Gasteiger partial charge in [-0.05, 0) is 38.9 Å². The van der Waals surface area contributed by atoms with Crippen LogP contribution in [-0.2, 0) is 15.9 Å². The number of nitrogens with zero attached hydrogens (tertiary/aromatic N) is 2. The van der Waals surface area contributed by atoms with Crippen molar-refractivity contribution in [1.29, 1.82) is 0 Å². The first-order chi connectivity index (χ1) is 9.34. The molecule has 1 aromatic rings. The third-order valence-electron chi connectivity index (χ3n) is 3.75. The molecule has 1 aromatic heterocycles. The van der Waals surface area contributed by atoms with E-state index >= 15 is 0 Å². The van der Waals surface area contributed by atoms with Crippen molar-refractivity contribution in [3.8, 4) is 0 Å². The van der Waals surface area contributed by atoms with Gasteiger partial charge in [-0.2, -0.15) is 0 Å². The summed E-state index contributed by atoms with van der Waals surface area (Å²) in [4.78, 5) is 4.37. The Balaban J connectivity index is 2.14. The van der Waals surface area contributed by atoms with Crippen molar-refractivity contribution in [3.05, 3.63) is 15.8 Å². The number of thiophene rings is 1. The fourth-order valence-corrected chi connectivity index (χ4v) is 5.59. The standard InChI is InChI=1S/C13H21ClN2O2S2/c1-10-13(6-12(7-14)19-10)20(17,18)16(3)9-11-4-5-15(2)8-11/h6,11H,4-5,7-9H2,1-3H3. The lowest BCUT2D eigenvalue weighted by Gasteiger charge is -2.20. The summed E-state index contributed by atoms with van der Waals surface area (Å²) in [5, 5.41) is 0. The van der Waals surface area contributed by atoms with Gasteiger partial charge in [0.1, 0.15) is 0 Å². The summed E-state index contributed by atoms with van der Waals surface area (Å²) < 4.78 is 26.7. The molecule has 2 rings (SSSR count). The van der Waals surface area contributed by atoms with Crippen LogP contribution < -0.4 is 0 Å². The molecule has 2 heterocycles. The molecule has 114 valence electrons. The maximum Gasteiger partial charge on any atom is 0.243 e. The summed E-state index contributed by atoms with van der Waals surface area (Å²) in [6.45, 7) is 4.44. The van der Waals surface area contributed by atoms with Gasteiger partial charge in [-0.3, -0.25) is 0 Å². The van der Waals surface area contributed by atoms with E-state index in [1.54, 1.807) is 13.1 Å². The van der Waals surface area contributed by atoms with Crippen molar-refractivity contribution in [2.45, 2.75) is 24.1 Å². The molecule has 1 aliphatic heterocycles. The lowest BCUT2D eigenvalue weighted by molar-refractivity contribution is 0.356. The number of rotatable bonds is 5. The van der Waals surface area contributed by atoms with Crippen LogP contribution in [0.5, 0.6) is 0 Å². The fraction of sp³-hybridized carbons (Fsp3) is 0.692. The average molecular weight is 337 g/mol. The molecule has 0 saturated carbocycles. The van der Waals surface area contributed by atoms with E-state index in [1.807, 2.05) is 6.92 Å². The SMILES string of the molecule is Cc1sc(CCl)cc1S(=O)(=O)N(C)CC1CCN(C)C1. The highest BCUT2D eigenvalue weighted by molar-refractivity contribution is 7.89. The molecule has 0 spiro atoms. The van der Waals surface area contributed by atoms with Crippen molar-refractivity contribution in [3.63, 3.8) is 0 Å². The van der Waals surface area contributed by atoms with Gasteiger partial charge in [0.15, 0.2) is 0 Å². The first-order valence-corrected chi connectivity index (χ1v) is 9.44. The minimum atomic E-state index is -3.40. The van der Waals surface area contributed by atoms with Crippen molar-refractivity contribution in [1.82, 2.24) is 9.21 Å². The average Bonchev–Trinajstić information content (AvgIpc) is 2.95. The highest BCUT2D eigenvalue weighted by Gasteiger charge is 2.29. The second-order valence-electron chi connectivity index (χ2n) is 5.47. The lowest BCUT2D eigenvalue weighted by atomic mass is 10.1. The van der Waals surface area contributed by atoms with Crippen LogP contribution in [0.15, 0.2) is 11.0 Å². The van der Waals surface area contributed by atoms with Crippen LogP contribution in [0, 0.1) is 12.8 Å². The summed E-state index contributed by atoms with van der Waals surface area (Å²) in [5.74, 6) is 0.782. The number of alkyl halides is 1. The Kier molecular flexibility index (Phi) is 5.13. The third kappa shape index (κ3) is 3.36. The van der Waals surface area contributed by atoms with Gasteiger partial charge in [0, 0.05) is 29.9 Å². The van der Waals surface area contributed by atoms with Crippen LogP contribution in [0.2, 0.25) is 0 Å². The molecule has 1 atom stereocenters. The Morgan fingerprint density at radius 3 is 2.75 bits per heavy atom. The minimum absolute atomic E-state index is 0.359. The quantitative estimate of drug-likeness (QED) is 0.775. The van der Waals surface area contributed by atoms with Crippen LogP contribution in [-0.4, -0.2) is 51.4 Å². The van der Waals surface area contributed by atoms with Gasteiger partial charge in [-0.1, -0.05) is 0 Å². The molecule has 0 amide bonds. The highest BCUT2D eigenvalue weighted by Crippen LogP contribution is 2.29.